The maximum Gasteiger partial charge on any atom is 0.208 e. The number of hydrogen-bond donors (Lipinski definition) is 2. The van der Waals surface area contributed by atoms with E-state index in [1.807, 2.05) is 48.5 Å². The molecule has 0 bridgehead atoms. The van der Waals surface area contributed by atoms with Crippen molar-refractivity contribution in [1.29, 1.82) is 0 Å². The molecule has 4 heteroatoms. The molecule has 0 aliphatic rings. The molecule has 0 fully saturated rings. The highest BCUT2D eigenvalue weighted by Gasteiger charge is 2.12. The van der Waals surface area contributed by atoms with E-state index in [1.54, 1.807) is 6.20 Å². The van der Waals surface area contributed by atoms with Crippen molar-refractivity contribution in [1.82, 2.24) is 10.3 Å². The second-order valence-electron chi connectivity index (χ2n) is 5.34. The predicted octanol–water partition coefficient (Wildman–Crippen LogP) is 3.55. The topological polar surface area (TPSA) is 58.3 Å². The van der Waals surface area contributed by atoms with E-state index in [2.05, 4.69) is 22.4 Å². The Morgan fingerprint density at radius 3 is 2.39 bits per heavy atom. The lowest BCUT2D eigenvalue weighted by Crippen LogP contribution is -2.22. The lowest BCUT2D eigenvalue weighted by Gasteiger charge is -2.17. The predicted molar refractivity (Wildman–Crippen MR) is 89.7 cm³/mol. The van der Waals surface area contributed by atoms with E-state index in [4.69, 9.17) is 4.42 Å². The molecule has 1 aromatic heterocycles. The molecular formula is C19H20N2O2. The summed E-state index contributed by atoms with van der Waals surface area (Å²) in [6.45, 7) is 0.653. The van der Waals surface area contributed by atoms with Crippen LogP contribution in [-0.4, -0.2) is 16.7 Å². The molecule has 1 unspecified atom stereocenters. The minimum atomic E-state index is 0.0771. The Hall–Kier alpha value is -2.43. The third kappa shape index (κ3) is 4.06. The van der Waals surface area contributed by atoms with Crippen LogP contribution in [0.15, 0.2) is 71.3 Å². The van der Waals surface area contributed by atoms with Crippen LogP contribution >= 0.6 is 0 Å². The fraction of sp³-hybridized carbons (Fsp3) is 0.211. The summed E-state index contributed by atoms with van der Waals surface area (Å²) in [6, 6.07) is 20.1. The highest BCUT2D eigenvalue weighted by molar-refractivity contribution is 5.55. The Balaban J connectivity index is 1.66. The van der Waals surface area contributed by atoms with E-state index < -0.39 is 0 Å². The van der Waals surface area contributed by atoms with Gasteiger partial charge in [-0.3, -0.25) is 0 Å². The van der Waals surface area contributed by atoms with Gasteiger partial charge in [0.05, 0.1) is 12.7 Å². The van der Waals surface area contributed by atoms with Crippen molar-refractivity contribution in [3.8, 4) is 11.3 Å². The van der Waals surface area contributed by atoms with E-state index in [0.29, 0.717) is 18.9 Å². The second-order valence-corrected chi connectivity index (χ2v) is 5.34. The van der Waals surface area contributed by atoms with Crippen LogP contribution in [0.3, 0.4) is 0 Å². The highest BCUT2D eigenvalue weighted by Crippen LogP contribution is 2.21. The first kappa shape index (κ1) is 15.5. The molecule has 0 saturated heterocycles. The summed E-state index contributed by atoms with van der Waals surface area (Å²) >= 11 is 0. The monoisotopic (exact) mass is 308 g/mol. The van der Waals surface area contributed by atoms with E-state index in [9.17, 15) is 5.11 Å². The molecule has 0 amide bonds. The average Bonchev–Trinajstić information content (AvgIpc) is 3.09. The number of rotatable bonds is 7. The first-order valence-corrected chi connectivity index (χ1v) is 7.76. The van der Waals surface area contributed by atoms with Gasteiger partial charge in [0.15, 0.2) is 5.76 Å². The van der Waals surface area contributed by atoms with E-state index in [-0.39, 0.29) is 12.6 Å². The van der Waals surface area contributed by atoms with Gasteiger partial charge in [0.25, 0.3) is 0 Å². The normalized spacial score (nSPS) is 12.2. The molecule has 118 valence electrons. The zero-order valence-electron chi connectivity index (χ0n) is 12.9. The fourth-order valence-electron chi connectivity index (χ4n) is 2.54. The average molecular weight is 308 g/mol. The second kappa shape index (κ2) is 7.72. The van der Waals surface area contributed by atoms with Crippen molar-refractivity contribution in [2.24, 2.45) is 0 Å². The van der Waals surface area contributed by atoms with Gasteiger partial charge in [-0.15, -0.1) is 0 Å². The maximum absolute atomic E-state index is 9.27. The largest absolute Gasteiger partial charge is 0.439 e. The van der Waals surface area contributed by atoms with Crippen LogP contribution in [0.4, 0.5) is 0 Å². The van der Waals surface area contributed by atoms with Crippen LogP contribution in [-0.2, 0) is 6.54 Å². The van der Waals surface area contributed by atoms with Crippen LogP contribution in [0.5, 0.6) is 0 Å². The van der Waals surface area contributed by atoms with Gasteiger partial charge in [-0.25, -0.2) is 4.98 Å². The quantitative estimate of drug-likeness (QED) is 0.701. The number of aliphatic hydroxyl groups excluding tert-OH is 1. The zero-order chi connectivity index (χ0) is 15.9. The van der Waals surface area contributed by atoms with Gasteiger partial charge in [-0.2, -0.15) is 0 Å². The van der Waals surface area contributed by atoms with Crippen molar-refractivity contribution in [3.05, 3.63) is 78.3 Å². The first-order chi connectivity index (χ1) is 11.4. The van der Waals surface area contributed by atoms with Crippen molar-refractivity contribution in [3.63, 3.8) is 0 Å². The SMILES string of the molecule is OCCC(NCc1ncc(-c2ccccc2)o1)c1ccccc1. The Morgan fingerprint density at radius 1 is 1.00 bits per heavy atom. The third-order valence-electron chi connectivity index (χ3n) is 3.73. The van der Waals surface area contributed by atoms with Gasteiger partial charge in [0.1, 0.15) is 0 Å². The van der Waals surface area contributed by atoms with Crippen LogP contribution in [0, 0.1) is 0 Å². The molecule has 3 aromatic rings. The van der Waals surface area contributed by atoms with Crippen LogP contribution < -0.4 is 5.32 Å². The molecule has 3 rings (SSSR count). The van der Waals surface area contributed by atoms with Crippen molar-refractivity contribution in [2.45, 2.75) is 19.0 Å². The van der Waals surface area contributed by atoms with Gasteiger partial charge in [0, 0.05) is 18.2 Å². The summed E-state index contributed by atoms with van der Waals surface area (Å²) in [6.07, 6.45) is 2.40. The first-order valence-electron chi connectivity index (χ1n) is 7.76. The lowest BCUT2D eigenvalue weighted by molar-refractivity contribution is 0.263. The number of aliphatic hydroxyl groups is 1. The number of hydrogen-bond acceptors (Lipinski definition) is 4. The number of nitrogens with one attached hydrogen (secondary N) is 1. The molecular weight excluding hydrogens is 288 g/mol. The third-order valence-corrected chi connectivity index (χ3v) is 3.73. The Morgan fingerprint density at radius 2 is 1.70 bits per heavy atom. The molecule has 2 N–H and O–H groups in total. The van der Waals surface area contributed by atoms with Gasteiger partial charge < -0.3 is 14.8 Å². The standard InChI is InChI=1S/C19H20N2O2/c22-12-11-17(15-7-3-1-4-8-15)20-14-19-21-13-18(23-19)16-9-5-2-6-10-16/h1-10,13,17,20,22H,11-12,14H2. The van der Waals surface area contributed by atoms with Gasteiger partial charge in [-0.1, -0.05) is 60.7 Å². The minimum absolute atomic E-state index is 0.0771. The molecule has 1 heterocycles. The molecule has 2 aromatic carbocycles. The Labute approximate surface area is 135 Å². The molecule has 23 heavy (non-hydrogen) atoms. The van der Waals surface area contributed by atoms with Gasteiger partial charge in [0.2, 0.25) is 5.89 Å². The van der Waals surface area contributed by atoms with Crippen molar-refractivity contribution < 1.29 is 9.52 Å². The molecule has 0 spiro atoms. The lowest BCUT2D eigenvalue weighted by atomic mass is 10.0. The van der Waals surface area contributed by atoms with E-state index >= 15 is 0 Å². The highest BCUT2D eigenvalue weighted by atomic mass is 16.4. The van der Waals surface area contributed by atoms with Gasteiger partial charge in [-0.05, 0) is 12.0 Å². The van der Waals surface area contributed by atoms with Gasteiger partial charge >= 0.3 is 0 Å². The van der Waals surface area contributed by atoms with Crippen LogP contribution in [0.2, 0.25) is 0 Å². The van der Waals surface area contributed by atoms with Crippen molar-refractivity contribution >= 4 is 0 Å². The summed E-state index contributed by atoms with van der Waals surface area (Å²) < 4.78 is 5.80. The molecule has 4 nitrogen and oxygen atoms in total. The summed E-state index contributed by atoms with van der Waals surface area (Å²) in [5, 5.41) is 12.7. The summed E-state index contributed by atoms with van der Waals surface area (Å²) in [5.74, 6) is 1.41. The van der Waals surface area contributed by atoms with E-state index in [0.717, 1.165) is 16.9 Å². The molecule has 0 saturated carbocycles. The molecule has 0 aliphatic carbocycles. The maximum atomic E-state index is 9.27. The van der Waals surface area contributed by atoms with Crippen LogP contribution in [0.1, 0.15) is 23.9 Å². The number of aromatic nitrogens is 1. The fourth-order valence-corrected chi connectivity index (χ4v) is 2.54. The molecule has 0 aliphatic heterocycles. The Bertz CT molecular complexity index is 711. The van der Waals surface area contributed by atoms with Crippen LogP contribution in [0.25, 0.3) is 11.3 Å². The number of nitrogens with zero attached hydrogens (tertiary/aromatic N) is 1. The zero-order valence-corrected chi connectivity index (χ0v) is 12.9. The summed E-state index contributed by atoms with van der Waals surface area (Å²) in [5.41, 5.74) is 2.16. The van der Waals surface area contributed by atoms with Crippen molar-refractivity contribution in [2.75, 3.05) is 6.61 Å². The van der Waals surface area contributed by atoms with E-state index in [1.165, 1.54) is 0 Å². The number of benzene rings is 2. The molecule has 1 atom stereocenters. The molecule has 0 radical (unpaired) electrons. The summed E-state index contributed by atoms with van der Waals surface area (Å²) in [4.78, 5) is 4.33. The smallest absolute Gasteiger partial charge is 0.208 e. The minimum Gasteiger partial charge on any atom is -0.439 e. The Kier molecular flexibility index (Phi) is 5.19. The number of oxazole rings is 1. The summed E-state index contributed by atoms with van der Waals surface area (Å²) in [7, 11) is 0.